The van der Waals surface area contributed by atoms with E-state index in [1.165, 1.54) is 19.2 Å². The maximum absolute atomic E-state index is 12.5. The number of carbonyl (C=O) groups is 1. The van der Waals surface area contributed by atoms with Gasteiger partial charge in [0, 0.05) is 12.1 Å². The summed E-state index contributed by atoms with van der Waals surface area (Å²) >= 11 is 0. The van der Waals surface area contributed by atoms with E-state index in [0.717, 1.165) is 11.3 Å². The Morgan fingerprint density at radius 3 is 2.83 bits per heavy atom. The molecule has 1 aliphatic rings. The van der Waals surface area contributed by atoms with Crippen molar-refractivity contribution < 1.29 is 22.7 Å². The number of ether oxygens (including phenoxy) is 2. The van der Waals surface area contributed by atoms with Crippen LogP contribution in [0, 0.1) is 0 Å². The number of rotatable bonds is 4. The summed E-state index contributed by atoms with van der Waals surface area (Å²) in [7, 11) is -2.47. The Labute approximate surface area is 134 Å². The summed E-state index contributed by atoms with van der Waals surface area (Å²) in [5, 5.41) is 0. The molecule has 0 saturated heterocycles. The van der Waals surface area contributed by atoms with Crippen LogP contribution in [-0.2, 0) is 21.2 Å². The molecule has 3 rings (SSSR count). The molecule has 0 amide bonds. The fraction of sp³-hybridized carbons (Fsp3) is 0.188. The van der Waals surface area contributed by atoms with Gasteiger partial charge in [-0.25, -0.2) is 13.2 Å². The first-order chi connectivity index (χ1) is 11.0. The summed E-state index contributed by atoms with van der Waals surface area (Å²) in [5.74, 6) is 0.192. The average molecular weight is 333 g/mol. The first kappa shape index (κ1) is 15.4. The highest BCUT2D eigenvalue weighted by molar-refractivity contribution is 7.92. The molecule has 1 heterocycles. The lowest BCUT2D eigenvalue weighted by atomic mass is 10.2. The Morgan fingerprint density at radius 2 is 2.04 bits per heavy atom. The quantitative estimate of drug-likeness (QED) is 0.868. The van der Waals surface area contributed by atoms with E-state index < -0.39 is 16.0 Å². The minimum atomic E-state index is -3.74. The van der Waals surface area contributed by atoms with Gasteiger partial charge >= 0.3 is 5.97 Å². The van der Waals surface area contributed by atoms with Crippen molar-refractivity contribution in [3.63, 3.8) is 0 Å². The van der Waals surface area contributed by atoms with Crippen LogP contribution < -0.4 is 9.46 Å². The van der Waals surface area contributed by atoms with Crippen LogP contribution in [-0.4, -0.2) is 28.1 Å². The predicted octanol–water partition coefficient (Wildman–Crippen LogP) is 2.21. The molecule has 1 N–H and O–H groups in total. The van der Waals surface area contributed by atoms with Gasteiger partial charge in [0.2, 0.25) is 0 Å². The predicted molar refractivity (Wildman–Crippen MR) is 84.2 cm³/mol. The van der Waals surface area contributed by atoms with E-state index in [1.807, 2.05) is 0 Å². The van der Waals surface area contributed by atoms with E-state index in [0.29, 0.717) is 18.7 Å². The Morgan fingerprint density at radius 1 is 1.22 bits per heavy atom. The van der Waals surface area contributed by atoms with E-state index >= 15 is 0 Å². The lowest BCUT2D eigenvalue weighted by molar-refractivity contribution is 0.0601. The van der Waals surface area contributed by atoms with Crippen molar-refractivity contribution in [2.24, 2.45) is 0 Å². The van der Waals surface area contributed by atoms with Crippen LogP contribution in [0.2, 0.25) is 0 Å². The van der Waals surface area contributed by atoms with Gasteiger partial charge in [-0.1, -0.05) is 6.07 Å². The summed E-state index contributed by atoms with van der Waals surface area (Å²) in [6.07, 6.45) is 0.691. The first-order valence-electron chi connectivity index (χ1n) is 6.96. The molecule has 2 aromatic rings. The Kier molecular flexibility index (Phi) is 3.96. The number of sulfonamides is 1. The highest BCUT2D eigenvalue weighted by Gasteiger charge is 2.19. The highest BCUT2D eigenvalue weighted by Crippen LogP contribution is 2.28. The molecule has 0 aliphatic carbocycles. The van der Waals surface area contributed by atoms with Crippen LogP contribution in [0.5, 0.6) is 5.75 Å². The van der Waals surface area contributed by atoms with Crippen LogP contribution in [0.1, 0.15) is 15.9 Å². The second-order valence-corrected chi connectivity index (χ2v) is 6.73. The molecule has 1 aliphatic heterocycles. The highest BCUT2D eigenvalue weighted by atomic mass is 32.2. The topological polar surface area (TPSA) is 81.7 Å². The third kappa shape index (κ3) is 3.14. The maximum atomic E-state index is 12.5. The van der Waals surface area contributed by atoms with Crippen molar-refractivity contribution >= 4 is 21.7 Å². The SMILES string of the molecule is COC(=O)c1cccc(NS(=O)(=O)c2ccc3c(c2)CCO3)c1. The molecular formula is C16H15NO5S. The van der Waals surface area contributed by atoms with Gasteiger partial charge in [-0.2, -0.15) is 0 Å². The average Bonchev–Trinajstić information content (AvgIpc) is 3.01. The van der Waals surface area contributed by atoms with Crippen molar-refractivity contribution in [3.05, 3.63) is 53.6 Å². The molecule has 0 saturated carbocycles. The smallest absolute Gasteiger partial charge is 0.337 e. The van der Waals surface area contributed by atoms with Gasteiger partial charge in [0.05, 0.1) is 24.2 Å². The molecule has 0 atom stereocenters. The zero-order valence-corrected chi connectivity index (χ0v) is 13.2. The first-order valence-corrected chi connectivity index (χ1v) is 8.45. The number of esters is 1. The molecule has 120 valence electrons. The minimum absolute atomic E-state index is 0.158. The largest absolute Gasteiger partial charge is 0.493 e. The van der Waals surface area contributed by atoms with E-state index in [9.17, 15) is 13.2 Å². The van der Waals surface area contributed by atoms with E-state index in [-0.39, 0.29) is 10.5 Å². The summed E-state index contributed by atoms with van der Waals surface area (Å²) in [6.45, 7) is 0.563. The number of methoxy groups -OCH3 is 1. The number of hydrogen-bond acceptors (Lipinski definition) is 5. The molecule has 7 heteroatoms. The lowest BCUT2D eigenvalue weighted by Crippen LogP contribution is -2.13. The Bertz CT molecular complexity index is 861. The molecule has 0 bridgehead atoms. The monoisotopic (exact) mass is 333 g/mol. The van der Waals surface area contributed by atoms with E-state index in [1.54, 1.807) is 30.3 Å². The number of fused-ring (bicyclic) bond motifs is 1. The summed E-state index contributed by atoms with van der Waals surface area (Å²) < 4.78 is 37.4. The molecule has 0 spiro atoms. The molecule has 23 heavy (non-hydrogen) atoms. The van der Waals surface area contributed by atoms with Gasteiger partial charge in [-0.15, -0.1) is 0 Å². The molecule has 0 unspecified atom stereocenters. The van der Waals surface area contributed by atoms with Crippen molar-refractivity contribution in [3.8, 4) is 5.75 Å². The van der Waals surface area contributed by atoms with Gasteiger partial charge in [-0.05, 0) is 42.0 Å². The fourth-order valence-corrected chi connectivity index (χ4v) is 3.47. The zero-order chi connectivity index (χ0) is 16.4. The van der Waals surface area contributed by atoms with E-state index in [4.69, 9.17) is 4.74 Å². The standard InChI is InChI=1S/C16H15NO5S/c1-21-16(18)12-3-2-4-13(9-12)17-23(19,20)14-5-6-15-11(10-14)7-8-22-15/h2-6,9-10,17H,7-8H2,1H3. The lowest BCUT2D eigenvalue weighted by Gasteiger charge is -2.10. The zero-order valence-electron chi connectivity index (χ0n) is 12.4. The van der Waals surface area contributed by atoms with Crippen LogP contribution >= 0.6 is 0 Å². The van der Waals surface area contributed by atoms with Crippen molar-refractivity contribution in [1.82, 2.24) is 0 Å². The molecule has 0 radical (unpaired) electrons. The van der Waals surface area contributed by atoms with Crippen LogP contribution in [0.25, 0.3) is 0 Å². The van der Waals surface area contributed by atoms with Crippen LogP contribution in [0.3, 0.4) is 0 Å². The second kappa shape index (κ2) is 5.92. The number of hydrogen-bond donors (Lipinski definition) is 1. The van der Waals surface area contributed by atoms with Gasteiger partial charge in [0.1, 0.15) is 5.75 Å². The van der Waals surface area contributed by atoms with Crippen LogP contribution in [0.4, 0.5) is 5.69 Å². The van der Waals surface area contributed by atoms with Crippen molar-refractivity contribution in [2.45, 2.75) is 11.3 Å². The molecule has 0 fully saturated rings. The number of benzene rings is 2. The number of anilines is 1. The molecule has 6 nitrogen and oxygen atoms in total. The summed E-state index contributed by atoms with van der Waals surface area (Å²) in [5.41, 5.74) is 1.44. The third-order valence-corrected chi connectivity index (χ3v) is 4.89. The Hall–Kier alpha value is -2.54. The Balaban J connectivity index is 1.88. The van der Waals surface area contributed by atoms with E-state index in [2.05, 4.69) is 9.46 Å². The van der Waals surface area contributed by atoms with Gasteiger partial charge in [0.25, 0.3) is 10.0 Å². The normalized spacial score (nSPS) is 13.1. The molecular weight excluding hydrogens is 318 g/mol. The van der Waals surface area contributed by atoms with Gasteiger partial charge < -0.3 is 9.47 Å². The van der Waals surface area contributed by atoms with Crippen LogP contribution in [0.15, 0.2) is 47.4 Å². The van der Waals surface area contributed by atoms with Gasteiger partial charge in [-0.3, -0.25) is 4.72 Å². The van der Waals surface area contributed by atoms with Crippen molar-refractivity contribution in [2.75, 3.05) is 18.4 Å². The second-order valence-electron chi connectivity index (χ2n) is 5.05. The van der Waals surface area contributed by atoms with Gasteiger partial charge in [0.15, 0.2) is 0 Å². The maximum Gasteiger partial charge on any atom is 0.337 e. The third-order valence-electron chi connectivity index (χ3n) is 3.51. The summed E-state index contributed by atoms with van der Waals surface area (Å²) in [4.78, 5) is 11.7. The summed E-state index contributed by atoms with van der Waals surface area (Å²) in [6, 6.07) is 10.9. The molecule has 2 aromatic carbocycles. The fourth-order valence-electron chi connectivity index (χ4n) is 2.37. The molecule has 0 aromatic heterocycles. The van der Waals surface area contributed by atoms with Crippen molar-refractivity contribution in [1.29, 1.82) is 0 Å². The minimum Gasteiger partial charge on any atom is -0.493 e. The number of carbonyl (C=O) groups excluding carboxylic acids is 1. The number of nitrogens with one attached hydrogen (secondary N) is 1.